The molecule has 0 saturated heterocycles. The summed E-state index contributed by atoms with van der Waals surface area (Å²) in [6.45, 7) is 15.5. The first-order chi connectivity index (χ1) is 8.17. The largest absolute Gasteiger partial charge is 0.465 e. The smallest absolute Gasteiger partial charge is 0.338 e. The van der Waals surface area contributed by atoms with Gasteiger partial charge in [-0.15, -0.1) is 0 Å². The lowest BCUT2D eigenvalue weighted by Crippen LogP contribution is -2.26. The molecule has 0 aromatic rings. The standard InChI is InChI=1S/C15H24O3/c1-8-9(2)13-12(10(3)11(4)17-13)14(16)18-15(5,6)7/h9-10H,4,8H2,1-3,5-7H3. The minimum absolute atomic E-state index is 0.0937. The summed E-state index contributed by atoms with van der Waals surface area (Å²) >= 11 is 0. The fraction of sp³-hybridized carbons (Fsp3) is 0.667. The maximum atomic E-state index is 12.2. The Morgan fingerprint density at radius 2 is 2.06 bits per heavy atom. The number of hydrogen-bond acceptors (Lipinski definition) is 3. The van der Waals surface area contributed by atoms with Crippen LogP contribution in [-0.4, -0.2) is 11.6 Å². The van der Waals surface area contributed by atoms with Gasteiger partial charge in [-0.05, 0) is 27.2 Å². The summed E-state index contributed by atoms with van der Waals surface area (Å²) in [7, 11) is 0. The van der Waals surface area contributed by atoms with Crippen LogP contribution < -0.4 is 0 Å². The zero-order valence-electron chi connectivity index (χ0n) is 12.3. The van der Waals surface area contributed by atoms with Crippen LogP contribution in [0.2, 0.25) is 0 Å². The highest BCUT2D eigenvalue weighted by Gasteiger charge is 2.36. The molecule has 3 heteroatoms. The molecule has 0 aromatic carbocycles. The Labute approximate surface area is 110 Å². The molecule has 1 aliphatic rings. The van der Waals surface area contributed by atoms with Gasteiger partial charge < -0.3 is 9.47 Å². The van der Waals surface area contributed by atoms with Crippen LogP contribution in [0.25, 0.3) is 0 Å². The average Bonchev–Trinajstić information content (AvgIpc) is 2.52. The highest BCUT2D eigenvalue weighted by molar-refractivity contribution is 5.91. The highest BCUT2D eigenvalue weighted by Crippen LogP contribution is 2.38. The molecule has 1 heterocycles. The summed E-state index contributed by atoms with van der Waals surface area (Å²) in [6.07, 6.45) is 0.918. The minimum atomic E-state index is -0.492. The van der Waals surface area contributed by atoms with E-state index < -0.39 is 5.60 Å². The Kier molecular flexibility index (Phi) is 4.25. The Bertz CT molecular complexity index is 385. The highest BCUT2D eigenvalue weighted by atomic mass is 16.6. The van der Waals surface area contributed by atoms with E-state index in [2.05, 4.69) is 13.5 Å². The van der Waals surface area contributed by atoms with Gasteiger partial charge in [0.15, 0.2) is 0 Å². The van der Waals surface area contributed by atoms with E-state index in [1.165, 1.54) is 0 Å². The van der Waals surface area contributed by atoms with Crippen LogP contribution in [0.3, 0.4) is 0 Å². The summed E-state index contributed by atoms with van der Waals surface area (Å²) < 4.78 is 11.1. The van der Waals surface area contributed by atoms with Gasteiger partial charge in [0.25, 0.3) is 0 Å². The van der Waals surface area contributed by atoms with Gasteiger partial charge in [0.1, 0.15) is 17.1 Å². The van der Waals surface area contributed by atoms with E-state index in [1.807, 2.05) is 34.6 Å². The second kappa shape index (κ2) is 5.17. The lowest BCUT2D eigenvalue weighted by Gasteiger charge is -2.21. The van der Waals surface area contributed by atoms with Crippen LogP contribution in [0.4, 0.5) is 0 Å². The van der Waals surface area contributed by atoms with Crippen LogP contribution in [-0.2, 0) is 14.3 Å². The van der Waals surface area contributed by atoms with Crippen molar-refractivity contribution in [3.05, 3.63) is 23.7 Å². The molecule has 2 atom stereocenters. The SMILES string of the molecule is C=C1OC(C(C)CC)=C(C(=O)OC(C)(C)C)C1C. The Morgan fingerprint density at radius 3 is 2.50 bits per heavy atom. The molecular formula is C15H24O3. The summed E-state index contributed by atoms with van der Waals surface area (Å²) in [4.78, 5) is 12.2. The first-order valence-electron chi connectivity index (χ1n) is 6.51. The van der Waals surface area contributed by atoms with Gasteiger partial charge in [-0.2, -0.15) is 0 Å². The first-order valence-corrected chi connectivity index (χ1v) is 6.51. The molecule has 0 radical (unpaired) electrons. The van der Waals surface area contributed by atoms with Gasteiger partial charge >= 0.3 is 5.97 Å². The van der Waals surface area contributed by atoms with Crippen LogP contribution in [0.1, 0.15) is 48.0 Å². The molecule has 1 aliphatic heterocycles. The van der Waals surface area contributed by atoms with Crippen molar-refractivity contribution in [2.24, 2.45) is 11.8 Å². The molecule has 0 aliphatic carbocycles. The minimum Gasteiger partial charge on any atom is -0.465 e. The molecule has 102 valence electrons. The Hall–Kier alpha value is -1.25. The third kappa shape index (κ3) is 3.15. The van der Waals surface area contributed by atoms with Crippen LogP contribution in [0.5, 0.6) is 0 Å². The van der Waals surface area contributed by atoms with Crippen LogP contribution in [0.15, 0.2) is 23.7 Å². The van der Waals surface area contributed by atoms with E-state index in [9.17, 15) is 4.79 Å². The van der Waals surface area contributed by atoms with Crippen molar-refractivity contribution in [1.82, 2.24) is 0 Å². The molecule has 0 spiro atoms. The average molecular weight is 252 g/mol. The normalized spacial score (nSPS) is 21.9. The summed E-state index contributed by atoms with van der Waals surface area (Å²) in [6, 6.07) is 0. The van der Waals surface area contributed by atoms with Gasteiger partial charge in [0.05, 0.1) is 5.57 Å². The molecule has 0 fully saturated rings. The molecule has 0 bridgehead atoms. The first kappa shape index (κ1) is 14.8. The fourth-order valence-electron chi connectivity index (χ4n) is 1.82. The zero-order chi connectivity index (χ0) is 14.1. The van der Waals surface area contributed by atoms with Crippen molar-refractivity contribution >= 4 is 5.97 Å². The summed E-state index contributed by atoms with van der Waals surface area (Å²) in [5.41, 5.74) is 0.137. The molecule has 0 aromatic heterocycles. The van der Waals surface area contributed by atoms with Crippen molar-refractivity contribution < 1.29 is 14.3 Å². The van der Waals surface area contributed by atoms with E-state index in [0.717, 1.165) is 12.2 Å². The monoisotopic (exact) mass is 252 g/mol. The predicted molar refractivity (Wildman–Crippen MR) is 71.7 cm³/mol. The van der Waals surface area contributed by atoms with Gasteiger partial charge in [0, 0.05) is 11.8 Å². The Balaban J connectivity index is 3.06. The quantitative estimate of drug-likeness (QED) is 0.716. The van der Waals surface area contributed by atoms with Gasteiger partial charge in [0.2, 0.25) is 0 Å². The predicted octanol–water partition coefficient (Wildman–Crippen LogP) is 3.81. The van der Waals surface area contributed by atoms with E-state index >= 15 is 0 Å². The molecule has 3 nitrogen and oxygen atoms in total. The van der Waals surface area contributed by atoms with Crippen molar-refractivity contribution in [2.75, 3.05) is 0 Å². The lowest BCUT2D eigenvalue weighted by atomic mass is 9.95. The number of carbonyl (C=O) groups excluding carboxylic acids is 1. The number of rotatable bonds is 3. The fourth-order valence-corrected chi connectivity index (χ4v) is 1.82. The van der Waals surface area contributed by atoms with Crippen LogP contribution >= 0.6 is 0 Å². The number of ether oxygens (including phenoxy) is 2. The molecule has 2 unspecified atom stereocenters. The van der Waals surface area contributed by atoms with Gasteiger partial charge in [-0.1, -0.05) is 27.4 Å². The van der Waals surface area contributed by atoms with E-state index in [1.54, 1.807) is 0 Å². The maximum absolute atomic E-state index is 12.2. The number of allylic oxidation sites excluding steroid dienone is 2. The van der Waals surface area contributed by atoms with Crippen molar-refractivity contribution in [2.45, 2.75) is 53.6 Å². The molecule has 0 amide bonds. The molecule has 1 rings (SSSR count). The topological polar surface area (TPSA) is 35.5 Å². The number of hydrogen-bond donors (Lipinski definition) is 0. The maximum Gasteiger partial charge on any atom is 0.338 e. The second-order valence-electron chi connectivity index (χ2n) is 5.88. The van der Waals surface area contributed by atoms with Crippen molar-refractivity contribution in [3.63, 3.8) is 0 Å². The third-order valence-electron chi connectivity index (χ3n) is 3.10. The van der Waals surface area contributed by atoms with Gasteiger partial charge in [-0.3, -0.25) is 0 Å². The molecule has 18 heavy (non-hydrogen) atoms. The number of carbonyl (C=O) groups is 1. The van der Waals surface area contributed by atoms with Gasteiger partial charge in [-0.25, -0.2) is 4.79 Å². The summed E-state index contributed by atoms with van der Waals surface area (Å²) in [5, 5.41) is 0. The van der Waals surface area contributed by atoms with E-state index in [-0.39, 0.29) is 17.8 Å². The molecule has 0 saturated carbocycles. The Morgan fingerprint density at radius 1 is 1.50 bits per heavy atom. The number of esters is 1. The molecule has 0 N–H and O–H groups in total. The zero-order valence-corrected chi connectivity index (χ0v) is 12.3. The molecular weight excluding hydrogens is 228 g/mol. The third-order valence-corrected chi connectivity index (χ3v) is 3.10. The summed E-state index contributed by atoms with van der Waals surface area (Å²) in [5.74, 6) is 1.18. The van der Waals surface area contributed by atoms with Crippen molar-refractivity contribution in [3.8, 4) is 0 Å². The van der Waals surface area contributed by atoms with E-state index in [4.69, 9.17) is 9.47 Å². The second-order valence-corrected chi connectivity index (χ2v) is 5.88. The van der Waals surface area contributed by atoms with Crippen LogP contribution in [0, 0.1) is 11.8 Å². The van der Waals surface area contributed by atoms with Crippen molar-refractivity contribution in [1.29, 1.82) is 0 Å². The lowest BCUT2D eigenvalue weighted by molar-refractivity contribution is -0.150. The van der Waals surface area contributed by atoms with E-state index in [0.29, 0.717) is 11.3 Å².